The summed E-state index contributed by atoms with van der Waals surface area (Å²) in [5.74, 6) is -2.18. The van der Waals surface area contributed by atoms with Crippen LogP contribution in [0.5, 0.6) is 0 Å². The first kappa shape index (κ1) is 10.5. The summed E-state index contributed by atoms with van der Waals surface area (Å²) < 4.78 is 30.2. The van der Waals surface area contributed by atoms with Gasteiger partial charge in [0.1, 0.15) is 0 Å². The third-order valence-corrected chi connectivity index (χ3v) is 2.24. The molecule has 2 radical (unpaired) electrons. The summed E-state index contributed by atoms with van der Waals surface area (Å²) in [6, 6.07) is 1.93. The summed E-state index contributed by atoms with van der Waals surface area (Å²) >= 11 is 0.396. The van der Waals surface area contributed by atoms with Gasteiger partial charge >= 0.3 is 89.3 Å². The Morgan fingerprint density at radius 2 is 1.85 bits per heavy atom. The molecule has 1 aromatic rings. The van der Waals surface area contributed by atoms with Crippen molar-refractivity contribution >= 4 is 31.1 Å². The summed E-state index contributed by atoms with van der Waals surface area (Å²) in [6.07, 6.45) is 0. The monoisotopic (exact) mass is 380 g/mol. The van der Waals surface area contributed by atoms with Crippen molar-refractivity contribution in [2.24, 2.45) is 0 Å². The molecule has 0 saturated heterocycles. The Morgan fingerprint density at radius 1 is 1.38 bits per heavy atom. The molecule has 0 spiro atoms. The van der Waals surface area contributed by atoms with Crippen molar-refractivity contribution in [1.82, 2.24) is 0 Å². The molecule has 68 valence electrons. The van der Waals surface area contributed by atoms with Crippen molar-refractivity contribution in [1.29, 1.82) is 0 Å². The minimum atomic E-state index is -0.737. The number of carbonyl (C=O) groups excluding carboxylic acids is 1. The molecule has 0 aliphatic heterocycles. The molecule has 5 heteroatoms. The third kappa shape index (κ3) is 2.21. The molecular formula is C8H5BiF2O2. The molecule has 2 nitrogen and oxygen atoms in total. The summed E-state index contributed by atoms with van der Waals surface area (Å²) in [5.41, 5.74) is -0.189. The van der Waals surface area contributed by atoms with E-state index in [9.17, 15) is 13.6 Å². The van der Waals surface area contributed by atoms with Crippen LogP contribution >= 0.6 is 0 Å². The van der Waals surface area contributed by atoms with Gasteiger partial charge in [-0.15, -0.1) is 0 Å². The van der Waals surface area contributed by atoms with Crippen LogP contribution in [0.25, 0.3) is 0 Å². The molecule has 0 bridgehead atoms. The van der Waals surface area contributed by atoms with Gasteiger partial charge in [0.05, 0.1) is 0 Å². The maximum absolute atomic E-state index is 12.9. The fourth-order valence-corrected chi connectivity index (χ4v) is 1.23. The van der Waals surface area contributed by atoms with Gasteiger partial charge in [-0.3, -0.25) is 0 Å². The molecule has 0 fully saturated rings. The Hall–Kier alpha value is -0.567. The number of carbonyl (C=O) groups is 1. The quantitative estimate of drug-likeness (QED) is 0.691. The van der Waals surface area contributed by atoms with Gasteiger partial charge in [0, 0.05) is 0 Å². The molecule has 0 aliphatic rings. The molecule has 0 aromatic heterocycles. The first-order valence-electron chi connectivity index (χ1n) is 3.37. The van der Waals surface area contributed by atoms with Gasteiger partial charge in [0.25, 0.3) is 0 Å². The van der Waals surface area contributed by atoms with Gasteiger partial charge in [-0.25, -0.2) is 0 Å². The third-order valence-electron chi connectivity index (χ3n) is 1.60. The van der Waals surface area contributed by atoms with Crippen LogP contribution in [0.15, 0.2) is 12.1 Å². The Morgan fingerprint density at radius 3 is 2.23 bits per heavy atom. The van der Waals surface area contributed by atoms with E-state index in [1.165, 1.54) is 6.92 Å². The van der Waals surface area contributed by atoms with Gasteiger partial charge in [0.2, 0.25) is 0 Å². The molecule has 0 N–H and O–H groups in total. The Labute approximate surface area is 89.4 Å². The average molecular weight is 380 g/mol. The van der Waals surface area contributed by atoms with Gasteiger partial charge in [-0.1, -0.05) is 0 Å². The number of benzene rings is 1. The standard InChI is InChI=1S/C8H6F2O2.Bi/c1-4-6(9)2-5(8(11)12)3-7(4)10;/h2-3H,1H3,(H,11,12);/q;+1/p-1. The molecule has 13 heavy (non-hydrogen) atoms. The molecule has 0 saturated carbocycles. The summed E-state index contributed by atoms with van der Waals surface area (Å²) in [7, 11) is 0. The van der Waals surface area contributed by atoms with Crippen LogP contribution in [0.2, 0.25) is 0 Å². The predicted molar refractivity (Wildman–Crippen MR) is 42.3 cm³/mol. The topological polar surface area (TPSA) is 26.3 Å². The number of rotatable bonds is 1. The number of hydrogen-bond acceptors (Lipinski definition) is 2. The van der Waals surface area contributed by atoms with Crippen molar-refractivity contribution in [2.75, 3.05) is 0 Å². The van der Waals surface area contributed by atoms with Crippen LogP contribution in [-0.2, 0) is 2.81 Å². The van der Waals surface area contributed by atoms with Crippen LogP contribution in [0.1, 0.15) is 15.9 Å². The van der Waals surface area contributed by atoms with Crippen LogP contribution in [0.3, 0.4) is 0 Å². The number of hydrogen-bond donors (Lipinski definition) is 0. The fraction of sp³-hybridized carbons (Fsp3) is 0.125. The van der Waals surface area contributed by atoms with Crippen molar-refractivity contribution in [3.63, 3.8) is 0 Å². The summed E-state index contributed by atoms with van der Waals surface area (Å²) in [6.45, 7) is 1.30. The zero-order valence-electron chi connectivity index (χ0n) is 6.67. The molecule has 1 rings (SSSR count). The molecule has 0 unspecified atom stereocenters. The van der Waals surface area contributed by atoms with Crippen LogP contribution in [-0.4, -0.2) is 31.1 Å². The second-order valence-electron chi connectivity index (χ2n) is 2.44. The van der Waals surface area contributed by atoms with Gasteiger partial charge in [-0.2, -0.15) is 0 Å². The first-order valence-corrected chi connectivity index (χ1v) is 4.79. The van der Waals surface area contributed by atoms with Crippen molar-refractivity contribution in [2.45, 2.75) is 6.92 Å². The Bertz CT molecular complexity index is 329. The first-order chi connectivity index (χ1) is 6.06. The van der Waals surface area contributed by atoms with E-state index in [2.05, 4.69) is 2.81 Å². The van der Waals surface area contributed by atoms with Crippen LogP contribution < -0.4 is 0 Å². The molecule has 0 heterocycles. The fourth-order valence-electron chi connectivity index (χ4n) is 0.816. The Balaban J connectivity index is 3.20. The van der Waals surface area contributed by atoms with Crippen LogP contribution in [0.4, 0.5) is 8.78 Å². The van der Waals surface area contributed by atoms with Crippen LogP contribution in [0, 0.1) is 18.6 Å². The normalized spacial score (nSPS) is 9.85. The van der Waals surface area contributed by atoms with Crippen molar-refractivity contribution in [3.05, 3.63) is 34.9 Å². The second kappa shape index (κ2) is 4.09. The average Bonchev–Trinajstić information content (AvgIpc) is 2.12. The van der Waals surface area contributed by atoms with E-state index in [1.54, 1.807) is 0 Å². The van der Waals surface area contributed by atoms with E-state index in [-0.39, 0.29) is 11.1 Å². The molecular weight excluding hydrogens is 375 g/mol. The Kier molecular flexibility index (Phi) is 3.31. The van der Waals surface area contributed by atoms with E-state index < -0.39 is 17.6 Å². The molecule has 1 aromatic carbocycles. The number of halogens is 2. The molecule has 0 aliphatic carbocycles. The minimum absolute atomic E-state index is 0.0944. The molecule has 0 atom stereocenters. The zero-order chi connectivity index (χ0) is 10.0. The summed E-state index contributed by atoms with van der Waals surface area (Å²) in [5, 5.41) is 0. The maximum atomic E-state index is 12.9. The van der Waals surface area contributed by atoms with Crippen molar-refractivity contribution < 1.29 is 16.4 Å². The van der Waals surface area contributed by atoms with Gasteiger partial charge < -0.3 is 0 Å². The second-order valence-corrected chi connectivity index (χ2v) is 3.15. The van der Waals surface area contributed by atoms with E-state index in [4.69, 9.17) is 0 Å². The zero-order valence-corrected chi connectivity index (χ0v) is 10.2. The van der Waals surface area contributed by atoms with Gasteiger partial charge in [0.15, 0.2) is 0 Å². The SMILES string of the molecule is Cc1c(F)cc(C(=O)[O][Bi])cc1F. The van der Waals surface area contributed by atoms with Gasteiger partial charge in [-0.05, 0) is 0 Å². The summed E-state index contributed by atoms with van der Waals surface area (Å²) in [4.78, 5) is 10.9. The van der Waals surface area contributed by atoms with E-state index in [0.717, 1.165) is 12.1 Å². The van der Waals surface area contributed by atoms with E-state index in [0.29, 0.717) is 25.2 Å². The van der Waals surface area contributed by atoms with E-state index >= 15 is 0 Å². The van der Waals surface area contributed by atoms with Crippen molar-refractivity contribution in [3.8, 4) is 0 Å². The van der Waals surface area contributed by atoms with E-state index in [1.807, 2.05) is 0 Å². The predicted octanol–water partition coefficient (Wildman–Crippen LogP) is 1.51. The molecule has 0 amide bonds.